The molecule has 0 aromatic carbocycles. The van der Waals surface area contributed by atoms with Crippen LogP contribution in [-0.2, 0) is 65.4 Å². The van der Waals surface area contributed by atoms with Gasteiger partial charge in [0.2, 0.25) is 0 Å². The van der Waals surface area contributed by atoms with Crippen LogP contribution in [0.5, 0.6) is 0 Å². The minimum absolute atomic E-state index is 0.0990. The number of hydrogen-bond donors (Lipinski definition) is 3. The van der Waals surface area contributed by atoms with Crippen molar-refractivity contribution in [3.63, 3.8) is 0 Å². The summed E-state index contributed by atoms with van der Waals surface area (Å²) in [6, 6.07) is 0. The molecule has 0 bridgehead atoms. The standard InChI is InChI=1S/C75H138O17P2/c1-5-9-13-17-21-25-29-31-32-33-34-35-36-38-41-44-48-52-56-60-73(78)86-66-71(92-75(80)62-58-54-50-46-42-37-30-26-22-18-14-10-6-2)68-90-94(83,84)88-64-69(76)63-87-93(81,82)89-67-70(91-74(79)61-57-53-49-45-40-28-24-20-16-12-8-4)65-85-72(77)59-55-51-47-43-39-27-23-19-15-11-7-3/h9,13,21,25,31-32,34-35,69-71,76H,5-8,10-12,14-20,22-24,26-30,33,36-68H2,1-4H3,(H,81,82)(H,83,84)/b13-9-,25-21-,32-31-,35-34-. The molecule has 0 amide bonds. The molecule has 550 valence electrons. The highest BCUT2D eigenvalue weighted by Crippen LogP contribution is 2.45. The van der Waals surface area contributed by atoms with Crippen molar-refractivity contribution in [3.8, 4) is 0 Å². The maximum atomic E-state index is 13.1. The number of ether oxygens (including phenoxy) is 4. The molecule has 0 heterocycles. The molecule has 5 atom stereocenters. The van der Waals surface area contributed by atoms with Gasteiger partial charge in [-0.05, 0) is 64.2 Å². The number of esters is 4. The molecule has 0 aromatic heterocycles. The van der Waals surface area contributed by atoms with Crippen LogP contribution in [0.3, 0.4) is 0 Å². The quantitative estimate of drug-likeness (QED) is 0.0169. The molecule has 0 fully saturated rings. The van der Waals surface area contributed by atoms with E-state index in [0.717, 1.165) is 135 Å². The van der Waals surface area contributed by atoms with Crippen molar-refractivity contribution in [1.82, 2.24) is 0 Å². The number of unbranched alkanes of at least 4 members (excludes halogenated alkanes) is 38. The summed E-state index contributed by atoms with van der Waals surface area (Å²) in [5, 5.41) is 10.6. The van der Waals surface area contributed by atoms with E-state index in [4.69, 9.17) is 37.0 Å². The van der Waals surface area contributed by atoms with Crippen molar-refractivity contribution < 1.29 is 80.2 Å². The molecule has 0 aliphatic carbocycles. The van der Waals surface area contributed by atoms with Gasteiger partial charge in [0.1, 0.15) is 19.3 Å². The number of carbonyl (C=O) groups excluding carboxylic acids is 4. The zero-order valence-corrected chi connectivity index (χ0v) is 61.7. The molecule has 0 rings (SSSR count). The number of carbonyl (C=O) groups is 4. The molecule has 5 unspecified atom stereocenters. The highest BCUT2D eigenvalue weighted by Gasteiger charge is 2.30. The summed E-state index contributed by atoms with van der Waals surface area (Å²) in [6.45, 7) is 4.79. The predicted molar refractivity (Wildman–Crippen MR) is 381 cm³/mol. The van der Waals surface area contributed by atoms with Crippen LogP contribution in [0.4, 0.5) is 0 Å². The number of phosphoric ester groups is 2. The highest BCUT2D eigenvalue weighted by molar-refractivity contribution is 7.47. The molecular weight excluding hydrogens is 1230 g/mol. The van der Waals surface area contributed by atoms with E-state index in [1.54, 1.807) is 0 Å². The second-order valence-corrected chi connectivity index (χ2v) is 28.5. The molecule has 0 aliphatic rings. The first-order valence-electron chi connectivity index (χ1n) is 37.9. The molecule has 0 spiro atoms. The number of allylic oxidation sites excluding steroid dienone is 8. The van der Waals surface area contributed by atoms with Crippen LogP contribution in [0.25, 0.3) is 0 Å². The van der Waals surface area contributed by atoms with Crippen LogP contribution < -0.4 is 0 Å². The third-order valence-electron chi connectivity index (χ3n) is 16.3. The van der Waals surface area contributed by atoms with E-state index in [9.17, 15) is 43.2 Å². The molecule has 0 aliphatic heterocycles. The van der Waals surface area contributed by atoms with E-state index in [2.05, 4.69) is 76.3 Å². The fraction of sp³-hybridized carbons (Fsp3) is 0.840. The first-order chi connectivity index (χ1) is 45.7. The summed E-state index contributed by atoms with van der Waals surface area (Å²) >= 11 is 0. The van der Waals surface area contributed by atoms with Gasteiger partial charge < -0.3 is 33.8 Å². The minimum atomic E-state index is -4.96. The third-order valence-corrected chi connectivity index (χ3v) is 18.2. The summed E-state index contributed by atoms with van der Waals surface area (Å²) in [4.78, 5) is 72.7. The molecule has 19 heteroatoms. The Labute approximate surface area is 572 Å². The molecule has 0 saturated heterocycles. The first-order valence-corrected chi connectivity index (χ1v) is 40.9. The zero-order chi connectivity index (χ0) is 69.0. The summed E-state index contributed by atoms with van der Waals surface area (Å²) in [7, 11) is -9.92. The molecule has 3 N–H and O–H groups in total. The van der Waals surface area contributed by atoms with E-state index in [-0.39, 0.29) is 25.7 Å². The van der Waals surface area contributed by atoms with Crippen molar-refractivity contribution in [2.75, 3.05) is 39.6 Å². The lowest BCUT2D eigenvalue weighted by Gasteiger charge is -2.21. The number of rotatable bonds is 72. The van der Waals surface area contributed by atoms with E-state index in [0.29, 0.717) is 25.7 Å². The normalized spacial score (nSPS) is 14.2. The van der Waals surface area contributed by atoms with Gasteiger partial charge >= 0.3 is 39.5 Å². The smallest absolute Gasteiger partial charge is 0.462 e. The van der Waals surface area contributed by atoms with E-state index in [1.807, 2.05) is 0 Å². The Morgan fingerprint density at radius 1 is 0.309 bits per heavy atom. The van der Waals surface area contributed by atoms with Crippen LogP contribution in [0.1, 0.15) is 349 Å². The van der Waals surface area contributed by atoms with Gasteiger partial charge in [0.05, 0.1) is 26.4 Å². The number of aliphatic hydroxyl groups is 1. The highest BCUT2D eigenvalue weighted by atomic mass is 31.2. The van der Waals surface area contributed by atoms with Gasteiger partial charge in [-0.2, -0.15) is 0 Å². The van der Waals surface area contributed by atoms with Crippen molar-refractivity contribution in [3.05, 3.63) is 48.6 Å². The van der Waals surface area contributed by atoms with Crippen LogP contribution in [0.15, 0.2) is 48.6 Å². The second-order valence-electron chi connectivity index (χ2n) is 25.6. The SMILES string of the molecule is CC/C=C\C/C=C\C/C=C\C/C=C\CCCCCCCCC(=O)OCC(COP(=O)(O)OCC(O)COP(=O)(O)OCC(COC(=O)CCCCCCCCCCCCC)OC(=O)CCCCCCCCCCCCC)OC(=O)CCCCCCCCCCCCCCC. The van der Waals surface area contributed by atoms with Gasteiger partial charge in [-0.3, -0.25) is 37.3 Å². The lowest BCUT2D eigenvalue weighted by Crippen LogP contribution is -2.30. The third kappa shape index (κ3) is 67.6. The van der Waals surface area contributed by atoms with Crippen LogP contribution in [0.2, 0.25) is 0 Å². The molecule has 94 heavy (non-hydrogen) atoms. The van der Waals surface area contributed by atoms with Crippen LogP contribution in [0, 0.1) is 0 Å². The predicted octanol–water partition coefficient (Wildman–Crippen LogP) is 21.3. The van der Waals surface area contributed by atoms with Crippen LogP contribution in [-0.4, -0.2) is 96.7 Å². The summed E-state index contributed by atoms with van der Waals surface area (Å²) in [5.41, 5.74) is 0. The van der Waals surface area contributed by atoms with Gasteiger partial charge in [-0.15, -0.1) is 0 Å². The van der Waals surface area contributed by atoms with Gasteiger partial charge in [-0.1, -0.05) is 307 Å². The fourth-order valence-electron chi connectivity index (χ4n) is 10.6. The van der Waals surface area contributed by atoms with Crippen molar-refractivity contribution >= 4 is 39.5 Å². The first kappa shape index (κ1) is 91.0. The maximum Gasteiger partial charge on any atom is 0.472 e. The summed E-state index contributed by atoms with van der Waals surface area (Å²) < 4.78 is 68.4. The second kappa shape index (κ2) is 68.5. The van der Waals surface area contributed by atoms with E-state index >= 15 is 0 Å². The maximum absolute atomic E-state index is 13.1. The van der Waals surface area contributed by atoms with E-state index < -0.39 is 97.5 Å². The monoisotopic (exact) mass is 1370 g/mol. The minimum Gasteiger partial charge on any atom is -0.462 e. The molecule has 0 radical (unpaired) electrons. The molecule has 17 nitrogen and oxygen atoms in total. The topological polar surface area (TPSA) is 237 Å². The van der Waals surface area contributed by atoms with Crippen molar-refractivity contribution in [1.29, 1.82) is 0 Å². The van der Waals surface area contributed by atoms with Gasteiger partial charge in [0, 0.05) is 25.7 Å². The average Bonchev–Trinajstić information content (AvgIpc) is 1.73. The van der Waals surface area contributed by atoms with Crippen molar-refractivity contribution in [2.45, 2.75) is 367 Å². The lowest BCUT2D eigenvalue weighted by molar-refractivity contribution is -0.161. The summed E-state index contributed by atoms with van der Waals surface area (Å²) in [5.74, 6) is -2.15. The Bertz CT molecular complexity index is 1980. The van der Waals surface area contributed by atoms with Gasteiger partial charge in [-0.25, -0.2) is 9.13 Å². The van der Waals surface area contributed by atoms with Gasteiger partial charge in [0.25, 0.3) is 0 Å². The zero-order valence-electron chi connectivity index (χ0n) is 59.9. The Kier molecular flexibility index (Phi) is 66.4. The van der Waals surface area contributed by atoms with Crippen molar-refractivity contribution in [2.24, 2.45) is 0 Å². The summed E-state index contributed by atoms with van der Waals surface area (Å²) in [6.07, 6.45) is 63.9. The van der Waals surface area contributed by atoms with Crippen LogP contribution >= 0.6 is 15.6 Å². The van der Waals surface area contributed by atoms with Gasteiger partial charge in [0.15, 0.2) is 12.2 Å². The Morgan fingerprint density at radius 3 is 0.851 bits per heavy atom. The number of phosphoric acid groups is 2. The van der Waals surface area contributed by atoms with E-state index in [1.165, 1.54) is 135 Å². The molecular formula is C75H138O17P2. The Balaban J connectivity index is 5.26. The largest absolute Gasteiger partial charge is 0.472 e. The number of hydrogen-bond acceptors (Lipinski definition) is 15. The average molecular weight is 1370 g/mol. The Morgan fingerprint density at radius 2 is 0.553 bits per heavy atom. The Hall–Kier alpha value is -2.98. The lowest BCUT2D eigenvalue weighted by atomic mass is 10.0. The fourth-order valence-corrected chi connectivity index (χ4v) is 12.1. The number of aliphatic hydroxyl groups excluding tert-OH is 1. The molecule has 0 saturated carbocycles. The molecule has 0 aromatic rings.